The molecule has 1 aromatic carbocycles. The molecule has 0 spiro atoms. The van der Waals surface area contributed by atoms with E-state index < -0.39 is 10.0 Å². The second kappa shape index (κ2) is 6.62. The van der Waals surface area contributed by atoms with Gasteiger partial charge in [0.05, 0.1) is 4.90 Å². The van der Waals surface area contributed by atoms with E-state index in [2.05, 4.69) is 10.2 Å². The molecule has 0 saturated carbocycles. The molecular formula is C14H22ClN3O2S. The minimum absolute atomic E-state index is 0.220. The summed E-state index contributed by atoms with van der Waals surface area (Å²) >= 11 is 6.10. The number of benzene rings is 1. The van der Waals surface area contributed by atoms with Crippen LogP contribution in [0, 0.1) is 0 Å². The summed E-state index contributed by atoms with van der Waals surface area (Å²) in [6.07, 6.45) is 0. The maximum absolute atomic E-state index is 12.8. The van der Waals surface area contributed by atoms with E-state index in [1.165, 1.54) is 0 Å². The Balaban J connectivity index is 2.29. The van der Waals surface area contributed by atoms with Gasteiger partial charge in [0.2, 0.25) is 10.0 Å². The lowest BCUT2D eigenvalue weighted by Crippen LogP contribution is -2.51. The number of piperazine rings is 1. The van der Waals surface area contributed by atoms with E-state index in [1.54, 1.807) is 29.6 Å². The van der Waals surface area contributed by atoms with Gasteiger partial charge >= 0.3 is 0 Å². The van der Waals surface area contributed by atoms with Gasteiger partial charge in [0.15, 0.2) is 0 Å². The van der Waals surface area contributed by atoms with E-state index >= 15 is 0 Å². The number of halogens is 1. The number of rotatable bonds is 4. The van der Waals surface area contributed by atoms with Crippen molar-refractivity contribution in [2.45, 2.75) is 24.4 Å². The molecule has 1 N–H and O–H groups in total. The second-order valence-electron chi connectivity index (χ2n) is 5.48. The van der Waals surface area contributed by atoms with E-state index in [0.717, 1.165) is 12.1 Å². The summed E-state index contributed by atoms with van der Waals surface area (Å²) in [4.78, 5) is 2.48. The number of likely N-dealkylation sites (N-methyl/N-ethyl adjacent to an activating group) is 1. The van der Waals surface area contributed by atoms with Gasteiger partial charge in [-0.05, 0) is 44.8 Å². The van der Waals surface area contributed by atoms with Gasteiger partial charge in [-0.25, -0.2) is 8.42 Å². The summed E-state index contributed by atoms with van der Waals surface area (Å²) in [5.41, 5.74) is 0.794. The summed E-state index contributed by atoms with van der Waals surface area (Å²) < 4.78 is 27.1. The molecule has 1 aromatic rings. The topological polar surface area (TPSA) is 52.7 Å². The number of nitrogens with zero attached hydrogens (tertiary/aromatic N) is 2. The van der Waals surface area contributed by atoms with Gasteiger partial charge < -0.3 is 10.2 Å². The zero-order chi connectivity index (χ0) is 15.6. The minimum Gasteiger partial charge on any atom is -0.316 e. The molecule has 5 nitrogen and oxygen atoms in total. The van der Waals surface area contributed by atoms with E-state index in [0.29, 0.717) is 29.6 Å². The lowest BCUT2D eigenvalue weighted by atomic mass is 10.2. The molecule has 1 heterocycles. The molecule has 0 bridgehead atoms. The molecule has 7 heteroatoms. The maximum atomic E-state index is 12.8. The van der Waals surface area contributed by atoms with Crippen LogP contribution >= 0.6 is 11.6 Å². The van der Waals surface area contributed by atoms with Gasteiger partial charge in [-0.1, -0.05) is 11.6 Å². The quantitative estimate of drug-likeness (QED) is 0.905. The number of hydrogen-bond acceptors (Lipinski definition) is 4. The Kier molecular flexibility index (Phi) is 5.27. The zero-order valence-electron chi connectivity index (χ0n) is 12.6. The summed E-state index contributed by atoms with van der Waals surface area (Å²) in [5, 5.41) is 3.58. The average Bonchev–Trinajstić information content (AvgIpc) is 2.44. The third kappa shape index (κ3) is 3.57. The van der Waals surface area contributed by atoms with Crippen LogP contribution in [0.2, 0.25) is 5.02 Å². The van der Waals surface area contributed by atoms with Crippen LogP contribution < -0.4 is 5.32 Å². The Labute approximate surface area is 131 Å². The van der Waals surface area contributed by atoms with Gasteiger partial charge in [0.1, 0.15) is 0 Å². The smallest absolute Gasteiger partial charge is 0.243 e. The van der Waals surface area contributed by atoms with Crippen LogP contribution in [-0.4, -0.2) is 57.4 Å². The van der Waals surface area contributed by atoms with Crippen LogP contribution in [0.1, 0.15) is 12.5 Å². The first-order valence-electron chi connectivity index (χ1n) is 6.99. The molecule has 1 aliphatic heterocycles. The predicted molar refractivity (Wildman–Crippen MR) is 85.1 cm³/mol. The molecule has 2 rings (SSSR count). The largest absolute Gasteiger partial charge is 0.316 e. The molecule has 1 atom stereocenters. The van der Waals surface area contributed by atoms with Gasteiger partial charge in [0, 0.05) is 37.2 Å². The molecule has 1 aliphatic rings. The fourth-order valence-corrected chi connectivity index (χ4v) is 4.17. The van der Waals surface area contributed by atoms with Crippen LogP contribution in [0.3, 0.4) is 0 Å². The zero-order valence-corrected chi connectivity index (χ0v) is 14.2. The fraction of sp³-hybridized carbons (Fsp3) is 0.571. The summed E-state index contributed by atoms with van der Waals surface area (Å²) in [7, 11) is 0.365. The van der Waals surface area contributed by atoms with Crippen molar-refractivity contribution in [3.8, 4) is 0 Å². The highest BCUT2D eigenvalue weighted by Gasteiger charge is 2.31. The standard InChI is InChI=1S/C14H22ClN3O2S/c1-11-10-18(7-6-17(11)3)21(19,20)13-4-5-14(15)12(8-13)9-16-2/h4-5,8,11,16H,6-7,9-10H2,1-3H3. The van der Waals surface area contributed by atoms with Crippen LogP contribution in [0.5, 0.6) is 0 Å². The van der Waals surface area contributed by atoms with Crippen LogP contribution in [0.4, 0.5) is 0 Å². The monoisotopic (exact) mass is 331 g/mol. The van der Waals surface area contributed by atoms with Crippen LogP contribution in [-0.2, 0) is 16.6 Å². The van der Waals surface area contributed by atoms with Crippen molar-refractivity contribution >= 4 is 21.6 Å². The molecule has 1 unspecified atom stereocenters. The van der Waals surface area contributed by atoms with Crippen molar-refractivity contribution in [1.29, 1.82) is 0 Å². The van der Waals surface area contributed by atoms with Crippen molar-refractivity contribution in [2.24, 2.45) is 0 Å². The molecule has 0 aliphatic carbocycles. The van der Waals surface area contributed by atoms with Crippen molar-refractivity contribution in [3.63, 3.8) is 0 Å². The highest BCUT2D eigenvalue weighted by Crippen LogP contribution is 2.24. The first-order chi connectivity index (χ1) is 9.86. The Morgan fingerprint density at radius 3 is 2.71 bits per heavy atom. The third-order valence-electron chi connectivity index (χ3n) is 3.94. The summed E-state index contributed by atoms with van der Waals surface area (Å²) in [6, 6.07) is 5.12. The van der Waals surface area contributed by atoms with Gasteiger partial charge in [-0.2, -0.15) is 4.31 Å². The van der Waals surface area contributed by atoms with Crippen molar-refractivity contribution in [3.05, 3.63) is 28.8 Å². The molecule has 21 heavy (non-hydrogen) atoms. The van der Waals surface area contributed by atoms with Crippen molar-refractivity contribution < 1.29 is 8.42 Å². The number of nitrogens with one attached hydrogen (secondary N) is 1. The third-order valence-corrected chi connectivity index (χ3v) is 6.17. The molecular weight excluding hydrogens is 310 g/mol. The first-order valence-corrected chi connectivity index (χ1v) is 8.81. The number of sulfonamides is 1. The molecule has 1 fully saturated rings. The van der Waals surface area contributed by atoms with E-state index in [4.69, 9.17) is 11.6 Å². The molecule has 0 amide bonds. The second-order valence-corrected chi connectivity index (χ2v) is 7.82. The van der Waals surface area contributed by atoms with Crippen molar-refractivity contribution in [1.82, 2.24) is 14.5 Å². The van der Waals surface area contributed by atoms with Gasteiger partial charge in [-0.3, -0.25) is 0 Å². The minimum atomic E-state index is -3.46. The average molecular weight is 332 g/mol. The normalized spacial score (nSPS) is 21.6. The summed E-state index contributed by atoms with van der Waals surface area (Å²) in [5.74, 6) is 0. The van der Waals surface area contributed by atoms with Crippen LogP contribution in [0.15, 0.2) is 23.1 Å². The maximum Gasteiger partial charge on any atom is 0.243 e. The Bertz CT molecular complexity index is 606. The lowest BCUT2D eigenvalue weighted by molar-refractivity contribution is 0.159. The molecule has 0 radical (unpaired) electrons. The Morgan fingerprint density at radius 1 is 1.38 bits per heavy atom. The number of hydrogen-bond donors (Lipinski definition) is 1. The van der Waals surface area contributed by atoms with E-state index in [1.807, 2.05) is 14.0 Å². The first kappa shape index (κ1) is 16.7. The highest BCUT2D eigenvalue weighted by molar-refractivity contribution is 7.89. The van der Waals surface area contributed by atoms with Crippen molar-refractivity contribution in [2.75, 3.05) is 33.7 Å². The fourth-order valence-electron chi connectivity index (χ4n) is 2.42. The Morgan fingerprint density at radius 2 is 2.10 bits per heavy atom. The SMILES string of the molecule is CNCc1cc(S(=O)(=O)N2CCN(C)C(C)C2)ccc1Cl. The molecule has 0 aromatic heterocycles. The van der Waals surface area contributed by atoms with Gasteiger partial charge in [0.25, 0.3) is 0 Å². The summed E-state index contributed by atoms with van der Waals surface area (Å²) in [6.45, 7) is 4.37. The molecule has 1 saturated heterocycles. The molecule has 118 valence electrons. The van der Waals surface area contributed by atoms with Gasteiger partial charge in [-0.15, -0.1) is 0 Å². The van der Waals surface area contributed by atoms with E-state index in [-0.39, 0.29) is 6.04 Å². The van der Waals surface area contributed by atoms with E-state index in [9.17, 15) is 8.42 Å². The lowest BCUT2D eigenvalue weighted by Gasteiger charge is -2.36. The highest BCUT2D eigenvalue weighted by atomic mass is 35.5. The Hall–Kier alpha value is -0.660. The van der Waals surface area contributed by atoms with Crippen LogP contribution in [0.25, 0.3) is 0 Å². The predicted octanol–water partition coefficient (Wildman–Crippen LogP) is 1.38.